The summed E-state index contributed by atoms with van der Waals surface area (Å²) in [5.74, 6) is 0.841. The third-order valence-corrected chi connectivity index (χ3v) is 10.3. The number of hydrogen-bond donors (Lipinski definition) is 0. The van der Waals surface area contributed by atoms with E-state index in [9.17, 15) is 4.57 Å². The zero-order valence-corrected chi connectivity index (χ0v) is 20.0. The maximum atomic E-state index is 13.0. The van der Waals surface area contributed by atoms with E-state index in [0.717, 1.165) is 10.8 Å². The Balaban J connectivity index is 2.33. The second kappa shape index (κ2) is 14.3. The van der Waals surface area contributed by atoms with Crippen LogP contribution < -0.4 is 0 Å². The Kier molecular flexibility index (Phi) is 14.5. The van der Waals surface area contributed by atoms with E-state index in [1.165, 1.54) is 18.4 Å². The molecular weight excluding hydrogens is 607 g/mol. The topological polar surface area (TPSA) is 48.4 Å². The molecule has 0 unspecified atom stereocenters. The van der Waals surface area contributed by atoms with Crippen LogP contribution in [0.5, 0.6) is 0 Å². The van der Waals surface area contributed by atoms with Crippen LogP contribution in [0.2, 0.25) is 0 Å². The molecule has 1 rings (SSSR count). The average molecular weight is 623 g/mol. The smallest absolute Gasteiger partial charge is 0.106 e. The number of hydrogen-bond acceptors (Lipinski definition) is 8. The molecule has 0 aliphatic heterocycles. The van der Waals surface area contributed by atoms with Crippen molar-refractivity contribution in [2.24, 2.45) is 0 Å². The van der Waals surface area contributed by atoms with Gasteiger partial charge in [-0.2, -0.15) is 0 Å². The molecule has 0 N–H and O–H groups in total. The van der Waals surface area contributed by atoms with Crippen LogP contribution in [0.15, 0.2) is 29.4 Å². The first-order valence-electron chi connectivity index (χ1n) is 6.28. The fourth-order valence-corrected chi connectivity index (χ4v) is 8.30. The molecule has 0 aliphatic rings. The number of rotatable bonds is 13. The van der Waals surface area contributed by atoms with Crippen LogP contribution in [0.4, 0.5) is 0 Å². The fraction of sp³-hybridized carbons (Fsp3) is 0.545. The molecule has 22 heavy (non-hydrogen) atoms. The molecule has 1 aromatic rings. The molecule has 0 radical (unpaired) electrons. The van der Waals surface area contributed by atoms with Crippen LogP contribution in [-0.4, -0.2) is 42.4 Å². The molecule has 0 bridgehead atoms. The van der Waals surface area contributed by atoms with Crippen LogP contribution in [0.1, 0.15) is 0 Å². The summed E-state index contributed by atoms with van der Waals surface area (Å²) >= 11 is 4.15. The van der Waals surface area contributed by atoms with Crippen LogP contribution >= 0.6 is 89.6 Å². The van der Waals surface area contributed by atoms with Gasteiger partial charge in [0.15, 0.2) is 0 Å². The quantitative estimate of drug-likeness (QED) is 0.0846. The maximum absolute atomic E-state index is 13.0. The highest BCUT2D eigenvalue weighted by Gasteiger charge is 2.22. The van der Waals surface area contributed by atoms with Gasteiger partial charge in [-0.3, -0.25) is 0 Å². The van der Waals surface area contributed by atoms with Gasteiger partial charge in [0.05, 0.1) is 38.8 Å². The molecule has 0 saturated heterocycles. The second-order valence-corrected chi connectivity index (χ2v) is 12.8. The Morgan fingerprint density at radius 3 is 2.32 bits per heavy atom. The average Bonchev–Trinajstić information content (AvgIpc) is 2.53. The van der Waals surface area contributed by atoms with E-state index in [1.54, 1.807) is 27.8 Å². The van der Waals surface area contributed by atoms with Crippen molar-refractivity contribution < 1.29 is 12.9 Å². The predicted octanol–water partition coefficient (Wildman–Crippen LogP) is 6.21. The van der Waals surface area contributed by atoms with Gasteiger partial charge in [-0.25, -0.2) is 4.98 Å². The van der Waals surface area contributed by atoms with Crippen molar-refractivity contribution in [3.05, 3.63) is 24.4 Å². The third kappa shape index (κ3) is 10.9. The van der Waals surface area contributed by atoms with Gasteiger partial charge in [0, 0.05) is 72.8 Å². The summed E-state index contributed by atoms with van der Waals surface area (Å²) in [4.78, 5) is 4.26. The molecule has 1 aromatic heterocycles. The molecule has 0 aromatic carbocycles. The monoisotopic (exact) mass is 623 g/mol. The molecule has 4 nitrogen and oxygen atoms in total. The standard InChI is InChI=1S/C11H16I2NO3PS4/c12-21-16-5-7-18(15,8-6-17-22-13)9-10-19-20-11-3-1-2-4-14-11/h1-4H,5-10H2. The number of halogens is 2. The zero-order chi connectivity index (χ0) is 16.1. The van der Waals surface area contributed by atoms with E-state index >= 15 is 0 Å². The lowest BCUT2D eigenvalue weighted by Gasteiger charge is -2.17. The van der Waals surface area contributed by atoms with Crippen LogP contribution in [0.3, 0.4) is 0 Å². The van der Waals surface area contributed by atoms with Gasteiger partial charge >= 0.3 is 0 Å². The van der Waals surface area contributed by atoms with E-state index in [-0.39, 0.29) is 0 Å². The van der Waals surface area contributed by atoms with Crippen molar-refractivity contribution in [2.45, 2.75) is 5.03 Å². The van der Waals surface area contributed by atoms with Gasteiger partial charge in [-0.05, 0) is 22.9 Å². The van der Waals surface area contributed by atoms with Gasteiger partial charge in [-0.1, -0.05) is 16.9 Å². The van der Waals surface area contributed by atoms with Crippen LogP contribution in [-0.2, 0) is 12.9 Å². The molecule has 1 heterocycles. The highest BCUT2D eigenvalue weighted by atomic mass is 127. The largest absolute Gasteiger partial charge is 0.323 e. The molecule has 11 heteroatoms. The molecule has 0 spiro atoms. The van der Waals surface area contributed by atoms with Crippen molar-refractivity contribution in [2.75, 3.05) is 37.5 Å². The highest BCUT2D eigenvalue weighted by Crippen LogP contribution is 2.47. The summed E-state index contributed by atoms with van der Waals surface area (Å²) in [6, 6.07) is 5.85. The third-order valence-electron chi connectivity index (χ3n) is 2.62. The summed E-state index contributed by atoms with van der Waals surface area (Å²) in [6.45, 7) is 1.06. The lowest BCUT2D eigenvalue weighted by molar-refractivity contribution is 0.398. The molecule has 0 atom stereocenters. The molecule has 126 valence electrons. The van der Waals surface area contributed by atoms with Crippen molar-refractivity contribution in [1.29, 1.82) is 0 Å². The minimum absolute atomic E-state index is 0.528. The maximum Gasteiger partial charge on any atom is 0.106 e. The summed E-state index contributed by atoms with van der Waals surface area (Å²) < 4.78 is 23.5. The summed E-state index contributed by atoms with van der Waals surface area (Å²) in [7, 11) is 3.67. The van der Waals surface area contributed by atoms with E-state index in [1.807, 2.05) is 18.2 Å². The van der Waals surface area contributed by atoms with E-state index < -0.39 is 7.14 Å². The Morgan fingerprint density at radius 1 is 1.09 bits per heavy atom. The number of aromatic nitrogens is 1. The normalized spacial score (nSPS) is 11.7. The van der Waals surface area contributed by atoms with Crippen molar-refractivity contribution in [3.63, 3.8) is 0 Å². The summed E-state index contributed by atoms with van der Waals surface area (Å²) in [5, 5.41) is 0.983. The van der Waals surface area contributed by atoms with E-state index in [0.29, 0.717) is 31.7 Å². The van der Waals surface area contributed by atoms with Crippen LogP contribution in [0.25, 0.3) is 0 Å². The van der Waals surface area contributed by atoms with E-state index in [4.69, 9.17) is 8.37 Å². The van der Waals surface area contributed by atoms with Crippen molar-refractivity contribution in [1.82, 2.24) is 4.98 Å². The Hall–Kier alpha value is 2.16. The Morgan fingerprint density at radius 2 is 1.77 bits per heavy atom. The second-order valence-electron chi connectivity index (χ2n) is 4.07. The molecular formula is C11H16I2NO3PS4. The molecule has 0 saturated carbocycles. The lowest BCUT2D eigenvalue weighted by Crippen LogP contribution is -2.08. The first-order chi connectivity index (χ1) is 10.7. The SMILES string of the molecule is O=P(CCOSI)(CCOSI)CCSSc1ccccn1. The minimum atomic E-state index is -2.24. The predicted molar refractivity (Wildman–Crippen MR) is 120 cm³/mol. The summed E-state index contributed by atoms with van der Waals surface area (Å²) in [6.07, 6.45) is 3.73. The molecule has 0 fully saturated rings. The molecule has 0 amide bonds. The van der Waals surface area contributed by atoms with Crippen molar-refractivity contribution in [3.8, 4) is 0 Å². The van der Waals surface area contributed by atoms with Gasteiger partial charge in [0.1, 0.15) is 5.03 Å². The van der Waals surface area contributed by atoms with E-state index in [2.05, 4.69) is 47.4 Å². The summed E-state index contributed by atoms with van der Waals surface area (Å²) in [5.41, 5.74) is 0. The Labute approximate surface area is 172 Å². The fourth-order valence-electron chi connectivity index (χ4n) is 1.51. The van der Waals surface area contributed by atoms with Gasteiger partial charge < -0.3 is 12.9 Å². The number of nitrogens with zero attached hydrogens (tertiary/aromatic N) is 1. The molecule has 0 aliphatic carbocycles. The Bertz CT molecular complexity index is 433. The van der Waals surface area contributed by atoms with Gasteiger partial charge in [-0.15, -0.1) is 0 Å². The van der Waals surface area contributed by atoms with Gasteiger partial charge in [0.25, 0.3) is 0 Å². The lowest BCUT2D eigenvalue weighted by atomic mass is 10.5. The van der Waals surface area contributed by atoms with Crippen molar-refractivity contribution >= 4 is 89.6 Å². The first-order valence-corrected chi connectivity index (χ1v) is 17.4. The zero-order valence-electron chi connectivity index (χ0n) is 11.6. The number of pyridine rings is 1. The van der Waals surface area contributed by atoms with Crippen LogP contribution in [0, 0.1) is 0 Å². The highest BCUT2D eigenvalue weighted by molar-refractivity contribution is 14.2. The van der Waals surface area contributed by atoms with Gasteiger partial charge in [0.2, 0.25) is 0 Å². The first kappa shape index (κ1) is 22.2. The minimum Gasteiger partial charge on any atom is -0.323 e.